The number of aromatic nitrogens is 2. The predicted molar refractivity (Wildman–Crippen MR) is 49.9 cm³/mol. The van der Waals surface area contributed by atoms with Gasteiger partial charge in [-0.2, -0.15) is 0 Å². The summed E-state index contributed by atoms with van der Waals surface area (Å²) >= 11 is 0. The fraction of sp³-hybridized carbons (Fsp3) is 0.667. The minimum Gasteiger partial charge on any atom is -0.337 e. The molecule has 0 aliphatic rings. The summed E-state index contributed by atoms with van der Waals surface area (Å²) in [7, 11) is 2.01. The maximum absolute atomic E-state index is 4.27. The summed E-state index contributed by atoms with van der Waals surface area (Å²) in [6.45, 7) is 6.40. The van der Waals surface area contributed by atoms with E-state index in [1.807, 2.05) is 24.0 Å². The molecule has 1 aromatic rings. The summed E-state index contributed by atoms with van der Waals surface area (Å²) in [6, 6.07) is 0.821. The summed E-state index contributed by atoms with van der Waals surface area (Å²) in [5.41, 5.74) is 0. The van der Waals surface area contributed by atoms with Gasteiger partial charge in [0.25, 0.3) is 0 Å². The first-order valence-electron chi connectivity index (χ1n) is 4.34. The third kappa shape index (κ3) is 2.08. The Kier molecular flexibility index (Phi) is 2.87. The number of imidazole rings is 1. The van der Waals surface area contributed by atoms with Crippen molar-refractivity contribution in [3.05, 3.63) is 18.2 Å². The highest BCUT2D eigenvalue weighted by Gasteiger charge is 2.09. The zero-order valence-corrected chi connectivity index (χ0v) is 8.20. The van der Waals surface area contributed by atoms with Crippen LogP contribution >= 0.6 is 0 Å². The molecule has 0 unspecified atom stereocenters. The molecule has 0 amide bonds. The monoisotopic (exact) mass is 167 g/mol. The maximum atomic E-state index is 4.27. The van der Waals surface area contributed by atoms with Crippen molar-refractivity contribution >= 4 is 0 Å². The lowest BCUT2D eigenvalue weighted by Gasteiger charge is -2.16. The lowest BCUT2D eigenvalue weighted by Crippen LogP contribution is -2.27. The van der Waals surface area contributed by atoms with Gasteiger partial charge in [0.2, 0.25) is 0 Å². The molecule has 1 heterocycles. The number of nitrogens with zero attached hydrogens (tertiary/aromatic N) is 2. The van der Waals surface area contributed by atoms with E-state index in [0.29, 0.717) is 12.1 Å². The fourth-order valence-corrected chi connectivity index (χ4v) is 1.37. The van der Waals surface area contributed by atoms with Crippen LogP contribution in [0.5, 0.6) is 0 Å². The molecule has 1 aromatic heterocycles. The lowest BCUT2D eigenvalue weighted by atomic mass is 10.2. The smallest absolute Gasteiger partial charge is 0.125 e. The number of hydrogen-bond acceptors (Lipinski definition) is 2. The Morgan fingerprint density at radius 1 is 1.42 bits per heavy atom. The zero-order valence-electron chi connectivity index (χ0n) is 8.20. The van der Waals surface area contributed by atoms with Crippen molar-refractivity contribution < 1.29 is 0 Å². The second-order valence-electron chi connectivity index (χ2n) is 3.44. The largest absolute Gasteiger partial charge is 0.337 e. The second kappa shape index (κ2) is 3.72. The van der Waals surface area contributed by atoms with Gasteiger partial charge in [-0.1, -0.05) is 13.8 Å². The van der Waals surface area contributed by atoms with E-state index in [1.54, 1.807) is 0 Å². The van der Waals surface area contributed by atoms with Gasteiger partial charge in [0.05, 0.1) is 6.04 Å². The summed E-state index contributed by atoms with van der Waals surface area (Å²) in [5, 5.41) is 3.40. The molecule has 3 nitrogen and oxygen atoms in total. The van der Waals surface area contributed by atoms with Crippen LogP contribution in [-0.4, -0.2) is 15.6 Å². The van der Waals surface area contributed by atoms with E-state index in [-0.39, 0.29) is 0 Å². The number of nitrogens with one attached hydrogen (secondary N) is 1. The van der Waals surface area contributed by atoms with Gasteiger partial charge < -0.3 is 9.88 Å². The van der Waals surface area contributed by atoms with Crippen LogP contribution in [0.25, 0.3) is 0 Å². The first kappa shape index (κ1) is 9.26. The Bertz CT molecular complexity index is 240. The SMILES string of the molecule is CC(C)N[C@@H](C)c1nccn1C. The van der Waals surface area contributed by atoms with E-state index in [0.717, 1.165) is 5.82 Å². The van der Waals surface area contributed by atoms with Gasteiger partial charge in [-0.05, 0) is 6.92 Å². The zero-order chi connectivity index (χ0) is 9.14. The molecule has 68 valence electrons. The number of rotatable bonds is 3. The van der Waals surface area contributed by atoms with Crippen LogP contribution in [0.4, 0.5) is 0 Å². The fourth-order valence-electron chi connectivity index (χ4n) is 1.37. The Morgan fingerprint density at radius 3 is 2.50 bits per heavy atom. The molecule has 0 aliphatic heterocycles. The van der Waals surface area contributed by atoms with Crippen molar-refractivity contribution in [1.82, 2.24) is 14.9 Å². The van der Waals surface area contributed by atoms with Crippen molar-refractivity contribution in [2.24, 2.45) is 7.05 Å². The molecule has 0 spiro atoms. The van der Waals surface area contributed by atoms with Crippen LogP contribution in [-0.2, 0) is 7.05 Å². The molecule has 0 saturated heterocycles. The van der Waals surface area contributed by atoms with Gasteiger partial charge in [0.15, 0.2) is 0 Å². The molecule has 12 heavy (non-hydrogen) atoms. The molecule has 1 atom stereocenters. The van der Waals surface area contributed by atoms with Gasteiger partial charge in [0.1, 0.15) is 5.82 Å². The van der Waals surface area contributed by atoms with Crippen LogP contribution in [0, 0.1) is 0 Å². The molecular weight excluding hydrogens is 150 g/mol. The van der Waals surface area contributed by atoms with Gasteiger partial charge in [-0.3, -0.25) is 0 Å². The molecular formula is C9H17N3. The van der Waals surface area contributed by atoms with E-state index in [9.17, 15) is 0 Å². The molecule has 3 heteroatoms. The first-order valence-corrected chi connectivity index (χ1v) is 4.34. The Labute approximate surface area is 73.8 Å². The van der Waals surface area contributed by atoms with Crippen molar-refractivity contribution in [2.45, 2.75) is 32.9 Å². The Hall–Kier alpha value is -0.830. The molecule has 1 N–H and O–H groups in total. The highest BCUT2D eigenvalue weighted by molar-refractivity contribution is 4.97. The summed E-state index contributed by atoms with van der Waals surface area (Å²) in [6.07, 6.45) is 3.79. The topological polar surface area (TPSA) is 29.9 Å². The van der Waals surface area contributed by atoms with Crippen molar-refractivity contribution in [1.29, 1.82) is 0 Å². The minimum absolute atomic E-state index is 0.324. The van der Waals surface area contributed by atoms with Gasteiger partial charge >= 0.3 is 0 Å². The van der Waals surface area contributed by atoms with E-state index in [1.165, 1.54) is 0 Å². The van der Waals surface area contributed by atoms with Crippen LogP contribution < -0.4 is 5.32 Å². The van der Waals surface area contributed by atoms with Crippen molar-refractivity contribution in [3.8, 4) is 0 Å². The highest BCUT2D eigenvalue weighted by atomic mass is 15.1. The summed E-state index contributed by atoms with van der Waals surface area (Å²) in [4.78, 5) is 4.27. The predicted octanol–water partition coefficient (Wildman–Crippen LogP) is 1.48. The summed E-state index contributed by atoms with van der Waals surface area (Å²) in [5.74, 6) is 1.09. The minimum atomic E-state index is 0.324. The average molecular weight is 167 g/mol. The van der Waals surface area contributed by atoms with E-state index >= 15 is 0 Å². The Morgan fingerprint density at radius 2 is 2.08 bits per heavy atom. The Balaban J connectivity index is 2.65. The molecule has 0 saturated carbocycles. The van der Waals surface area contributed by atoms with Gasteiger partial charge in [-0.25, -0.2) is 4.98 Å². The van der Waals surface area contributed by atoms with E-state index in [2.05, 4.69) is 31.1 Å². The highest BCUT2D eigenvalue weighted by Crippen LogP contribution is 2.08. The molecule has 0 radical (unpaired) electrons. The third-order valence-corrected chi connectivity index (χ3v) is 1.83. The van der Waals surface area contributed by atoms with Crippen molar-refractivity contribution in [2.75, 3.05) is 0 Å². The quantitative estimate of drug-likeness (QED) is 0.739. The standard InChI is InChI=1S/C9H17N3/c1-7(2)11-8(3)9-10-5-6-12(9)4/h5-8,11H,1-4H3/t8-/m0/s1. The molecule has 1 rings (SSSR count). The van der Waals surface area contributed by atoms with Gasteiger partial charge in [0, 0.05) is 25.5 Å². The molecule has 0 aliphatic carbocycles. The van der Waals surface area contributed by atoms with E-state index < -0.39 is 0 Å². The number of aryl methyl sites for hydroxylation is 1. The second-order valence-corrected chi connectivity index (χ2v) is 3.44. The lowest BCUT2D eigenvalue weighted by molar-refractivity contribution is 0.477. The number of hydrogen-bond donors (Lipinski definition) is 1. The maximum Gasteiger partial charge on any atom is 0.125 e. The summed E-state index contributed by atoms with van der Waals surface area (Å²) < 4.78 is 2.04. The molecule has 0 aromatic carbocycles. The first-order chi connectivity index (χ1) is 5.61. The van der Waals surface area contributed by atoms with Gasteiger partial charge in [-0.15, -0.1) is 0 Å². The molecule has 0 bridgehead atoms. The van der Waals surface area contributed by atoms with Crippen LogP contribution in [0.3, 0.4) is 0 Å². The van der Waals surface area contributed by atoms with Crippen LogP contribution in [0.1, 0.15) is 32.6 Å². The van der Waals surface area contributed by atoms with Crippen LogP contribution in [0.2, 0.25) is 0 Å². The average Bonchev–Trinajstić information content (AvgIpc) is 2.33. The third-order valence-electron chi connectivity index (χ3n) is 1.83. The normalized spacial score (nSPS) is 13.8. The molecule has 0 fully saturated rings. The van der Waals surface area contributed by atoms with Crippen molar-refractivity contribution in [3.63, 3.8) is 0 Å². The van der Waals surface area contributed by atoms with E-state index in [4.69, 9.17) is 0 Å². The van der Waals surface area contributed by atoms with Crippen LogP contribution in [0.15, 0.2) is 12.4 Å².